The van der Waals surface area contributed by atoms with Gasteiger partial charge in [-0.05, 0) is 36.5 Å². The van der Waals surface area contributed by atoms with Crippen LogP contribution in [0.15, 0.2) is 59.4 Å². The molecule has 1 aromatic heterocycles. The normalized spacial score (nSPS) is 21.5. The first-order chi connectivity index (χ1) is 14.5. The lowest BCUT2D eigenvalue weighted by Crippen LogP contribution is -2.70. The molecule has 4 rings (SSSR count). The van der Waals surface area contributed by atoms with E-state index in [1.165, 1.54) is 0 Å². The molecule has 0 radical (unpaired) electrons. The summed E-state index contributed by atoms with van der Waals surface area (Å²) in [6.07, 6.45) is 3.22. The minimum absolute atomic E-state index is 0.00345. The van der Waals surface area contributed by atoms with E-state index in [4.69, 9.17) is 0 Å². The van der Waals surface area contributed by atoms with Gasteiger partial charge in [0.25, 0.3) is 0 Å². The maximum atomic E-state index is 14.8. The standard InChI is InChI=1S/C25H27FN3O/c1-3-16(2)29-15-28-22-14-21(26)24(27)20(23(22)25(29)30)13-17-8-7-11-19(12-17)18-9-5-4-6-10-18/h4-12,16,20-21,24H,3,13-14,27H2,1-2H3/q+1/p+1. The van der Waals surface area contributed by atoms with Gasteiger partial charge >= 0.3 is 11.9 Å². The van der Waals surface area contributed by atoms with Crippen molar-refractivity contribution in [1.29, 1.82) is 0 Å². The van der Waals surface area contributed by atoms with Crippen molar-refractivity contribution in [2.75, 3.05) is 0 Å². The smallest absolute Gasteiger partial charge is 0.352 e. The quantitative estimate of drug-likeness (QED) is 0.709. The summed E-state index contributed by atoms with van der Waals surface area (Å²) in [5.74, 6) is -0.306. The third kappa shape index (κ3) is 3.76. The number of hydrogen-bond acceptors (Lipinski definition) is 1. The summed E-state index contributed by atoms with van der Waals surface area (Å²) in [5.41, 5.74) is 8.48. The zero-order valence-corrected chi connectivity index (χ0v) is 17.5. The number of quaternary nitrogens is 1. The van der Waals surface area contributed by atoms with Crippen LogP contribution in [0, 0.1) is 6.33 Å². The first-order valence-electron chi connectivity index (χ1n) is 10.6. The largest absolute Gasteiger partial charge is 0.386 e. The topological polar surface area (TPSA) is 63.7 Å². The predicted octanol–water partition coefficient (Wildman–Crippen LogP) is 2.72. The van der Waals surface area contributed by atoms with E-state index in [9.17, 15) is 9.18 Å². The van der Waals surface area contributed by atoms with E-state index in [1.807, 2.05) is 44.2 Å². The van der Waals surface area contributed by atoms with Crippen molar-refractivity contribution in [1.82, 2.24) is 4.57 Å². The van der Waals surface area contributed by atoms with Gasteiger partial charge in [-0.15, -0.1) is 4.57 Å². The van der Waals surface area contributed by atoms with Gasteiger partial charge in [-0.1, -0.05) is 61.5 Å². The highest BCUT2D eigenvalue weighted by molar-refractivity contribution is 5.64. The second-order valence-corrected chi connectivity index (χ2v) is 8.27. The average Bonchev–Trinajstić information content (AvgIpc) is 2.77. The van der Waals surface area contributed by atoms with Crippen molar-refractivity contribution in [2.24, 2.45) is 0 Å². The Morgan fingerprint density at radius 2 is 1.93 bits per heavy atom. The fraction of sp³-hybridized carbons (Fsp3) is 0.360. The van der Waals surface area contributed by atoms with Crippen LogP contribution in [-0.4, -0.2) is 16.8 Å². The Morgan fingerprint density at radius 1 is 1.20 bits per heavy atom. The first-order valence-corrected chi connectivity index (χ1v) is 10.6. The molecule has 154 valence electrons. The summed E-state index contributed by atoms with van der Waals surface area (Å²) in [5, 5.41) is 0. The Hall–Kier alpha value is -2.97. The Morgan fingerprint density at radius 3 is 2.67 bits per heavy atom. The van der Waals surface area contributed by atoms with E-state index in [1.54, 1.807) is 4.57 Å². The Kier molecular flexibility index (Phi) is 5.69. The monoisotopic (exact) mass is 405 g/mol. The van der Waals surface area contributed by atoms with Crippen molar-refractivity contribution in [3.05, 3.63) is 88.1 Å². The zero-order chi connectivity index (χ0) is 21.3. The van der Waals surface area contributed by atoms with Crippen LogP contribution in [0.5, 0.6) is 0 Å². The number of fused-ring (bicyclic) bond motifs is 1. The lowest BCUT2D eigenvalue weighted by atomic mass is 9.78. The zero-order valence-electron chi connectivity index (χ0n) is 17.5. The highest BCUT2D eigenvalue weighted by Crippen LogP contribution is 2.31. The summed E-state index contributed by atoms with van der Waals surface area (Å²) < 4.78 is 16.4. The molecular weight excluding hydrogens is 377 g/mol. The number of benzene rings is 2. The third-order valence-electron chi connectivity index (χ3n) is 6.31. The van der Waals surface area contributed by atoms with Gasteiger partial charge in [-0.3, -0.25) is 0 Å². The molecule has 1 heterocycles. The molecule has 4 nitrogen and oxygen atoms in total. The summed E-state index contributed by atoms with van der Waals surface area (Å²) in [4.78, 5) is 17.7. The Labute approximate surface area is 176 Å². The fourth-order valence-corrected chi connectivity index (χ4v) is 4.30. The summed E-state index contributed by atoms with van der Waals surface area (Å²) in [7, 11) is 0. The highest BCUT2D eigenvalue weighted by atomic mass is 19.1. The molecule has 2 aromatic carbocycles. The van der Waals surface area contributed by atoms with Gasteiger partial charge in [0.1, 0.15) is 17.6 Å². The molecule has 0 spiro atoms. The lowest BCUT2D eigenvalue weighted by Gasteiger charge is -2.27. The SMILES string of the molecule is CCC(C)n1c#[n+]c2c(c1=O)C(Cc1cccc(-c3ccccc3)c1)C([NH3+])C(F)C2. The number of halogens is 1. The number of alkyl halides is 1. The van der Waals surface area contributed by atoms with Crippen LogP contribution in [0.3, 0.4) is 0 Å². The predicted molar refractivity (Wildman–Crippen MR) is 114 cm³/mol. The highest BCUT2D eigenvalue weighted by Gasteiger charge is 2.44. The summed E-state index contributed by atoms with van der Waals surface area (Å²) >= 11 is 0. The van der Waals surface area contributed by atoms with Crippen molar-refractivity contribution in [3.63, 3.8) is 0 Å². The molecule has 0 saturated heterocycles. The number of aromatic nitrogens is 2. The van der Waals surface area contributed by atoms with E-state index in [0.29, 0.717) is 17.7 Å². The van der Waals surface area contributed by atoms with Gasteiger partial charge < -0.3 is 5.73 Å². The summed E-state index contributed by atoms with van der Waals surface area (Å²) in [6, 6.07) is 17.9. The molecule has 30 heavy (non-hydrogen) atoms. The second-order valence-electron chi connectivity index (χ2n) is 8.27. The van der Waals surface area contributed by atoms with Crippen LogP contribution >= 0.6 is 0 Å². The van der Waals surface area contributed by atoms with Crippen molar-refractivity contribution in [2.45, 2.75) is 57.3 Å². The van der Waals surface area contributed by atoms with Crippen LogP contribution in [0.2, 0.25) is 0 Å². The van der Waals surface area contributed by atoms with Crippen molar-refractivity contribution in [3.8, 4) is 11.1 Å². The molecule has 1 aliphatic carbocycles. The lowest BCUT2D eigenvalue weighted by molar-refractivity contribution is -0.444. The van der Waals surface area contributed by atoms with E-state index < -0.39 is 12.2 Å². The Balaban J connectivity index is 1.74. The van der Waals surface area contributed by atoms with E-state index in [0.717, 1.165) is 23.1 Å². The van der Waals surface area contributed by atoms with E-state index in [-0.39, 0.29) is 23.9 Å². The third-order valence-corrected chi connectivity index (χ3v) is 6.31. The van der Waals surface area contributed by atoms with Gasteiger partial charge in [-0.2, -0.15) is 4.98 Å². The van der Waals surface area contributed by atoms with Gasteiger partial charge in [-0.25, -0.2) is 9.18 Å². The minimum atomic E-state index is -1.11. The fourth-order valence-electron chi connectivity index (χ4n) is 4.30. The molecule has 5 heteroatoms. The maximum Gasteiger partial charge on any atom is 0.386 e. The molecule has 0 aliphatic heterocycles. The molecular formula is C25H28FN3O+2. The molecule has 0 amide bonds. The maximum absolute atomic E-state index is 14.8. The van der Waals surface area contributed by atoms with Crippen LogP contribution in [0.25, 0.3) is 11.1 Å². The van der Waals surface area contributed by atoms with Gasteiger partial charge in [0.15, 0.2) is 6.17 Å². The van der Waals surface area contributed by atoms with Crippen LogP contribution in [0.4, 0.5) is 4.39 Å². The molecule has 0 fully saturated rings. The first kappa shape index (κ1) is 20.3. The minimum Gasteiger partial charge on any atom is -0.352 e. The average molecular weight is 406 g/mol. The number of nitrogens with zero attached hydrogens (tertiary/aromatic N) is 2. The van der Waals surface area contributed by atoms with Crippen LogP contribution in [0.1, 0.15) is 49.0 Å². The van der Waals surface area contributed by atoms with E-state index in [2.05, 4.69) is 41.3 Å². The second kappa shape index (κ2) is 8.41. The van der Waals surface area contributed by atoms with Crippen molar-refractivity contribution >= 4 is 0 Å². The van der Waals surface area contributed by atoms with Gasteiger partial charge in [0.2, 0.25) is 5.69 Å². The van der Waals surface area contributed by atoms with Gasteiger partial charge in [0, 0.05) is 0 Å². The molecule has 0 bridgehead atoms. The van der Waals surface area contributed by atoms with E-state index >= 15 is 0 Å². The summed E-state index contributed by atoms with van der Waals surface area (Å²) in [6.45, 7) is 4.01. The molecule has 3 N–H and O–H groups in total. The Bertz CT molecular complexity index is 1080. The molecule has 0 saturated carbocycles. The van der Waals surface area contributed by atoms with Crippen LogP contribution in [-0.2, 0) is 12.8 Å². The van der Waals surface area contributed by atoms with Crippen molar-refractivity contribution < 1.29 is 15.1 Å². The molecule has 4 unspecified atom stereocenters. The molecule has 1 aliphatic rings. The number of hydrogen-bond donors (Lipinski definition) is 1. The van der Waals surface area contributed by atoms with Crippen LogP contribution < -0.4 is 16.3 Å². The van der Waals surface area contributed by atoms with Gasteiger partial charge in [0.05, 0.1) is 12.3 Å². The molecule has 4 atom stereocenters. The number of rotatable bonds is 5. The molecule has 3 aromatic rings.